The topological polar surface area (TPSA) is 91.8 Å². The van der Waals surface area contributed by atoms with E-state index in [0.29, 0.717) is 18.4 Å². The van der Waals surface area contributed by atoms with E-state index in [4.69, 9.17) is 0 Å². The molecule has 1 aromatic carbocycles. The average molecular weight is 305 g/mol. The molecule has 1 heterocycles. The number of benzene rings is 1. The second-order valence-corrected chi connectivity index (χ2v) is 9.01. The van der Waals surface area contributed by atoms with Crippen LogP contribution in [-0.2, 0) is 26.3 Å². The lowest BCUT2D eigenvalue weighted by Gasteiger charge is -2.30. The molecule has 1 N–H and O–H groups in total. The summed E-state index contributed by atoms with van der Waals surface area (Å²) in [7, 11) is -7.65. The third kappa shape index (κ3) is 3.01. The standard InChI is InChI=1S/C11H15NO5S2/c1-18(14,15)8-19(16,17)12-7-3-5-9-4-2-6-10(13)11(9)12/h2,4,6,13H,3,5,7-8H2,1H3. The number of sulfone groups is 1. The minimum Gasteiger partial charge on any atom is -0.506 e. The van der Waals surface area contributed by atoms with E-state index in [1.165, 1.54) is 6.07 Å². The number of phenols is 1. The Morgan fingerprint density at radius 1 is 1.26 bits per heavy atom. The second kappa shape index (κ2) is 4.68. The van der Waals surface area contributed by atoms with E-state index in [9.17, 15) is 21.9 Å². The maximum atomic E-state index is 12.2. The van der Waals surface area contributed by atoms with Gasteiger partial charge in [0.25, 0.3) is 0 Å². The minimum atomic E-state index is -3.99. The number of nitrogens with zero attached hydrogens (tertiary/aromatic N) is 1. The molecule has 2 rings (SSSR count). The highest BCUT2D eigenvalue weighted by Crippen LogP contribution is 2.37. The Morgan fingerprint density at radius 2 is 1.95 bits per heavy atom. The maximum Gasteiger partial charge on any atom is 0.249 e. The number of fused-ring (bicyclic) bond motifs is 1. The zero-order chi connectivity index (χ0) is 14.3. The van der Waals surface area contributed by atoms with Crippen LogP contribution in [0.3, 0.4) is 0 Å². The number of hydrogen-bond acceptors (Lipinski definition) is 5. The summed E-state index contributed by atoms with van der Waals surface area (Å²) in [5, 5.41) is 8.88. The number of rotatable bonds is 3. The molecular formula is C11H15NO5S2. The molecule has 1 aliphatic heterocycles. The molecule has 106 valence electrons. The summed E-state index contributed by atoms with van der Waals surface area (Å²) in [5.41, 5.74) is 0.917. The normalized spacial score (nSPS) is 16.2. The average Bonchev–Trinajstić information content (AvgIpc) is 2.25. The number of phenolic OH excluding ortho intramolecular Hbond substituents is 1. The van der Waals surface area contributed by atoms with Gasteiger partial charge in [-0.2, -0.15) is 0 Å². The van der Waals surface area contributed by atoms with Crippen molar-refractivity contribution in [3.63, 3.8) is 0 Å². The number of anilines is 1. The molecule has 1 aliphatic rings. The first-order chi connectivity index (χ1) is 8.71. The molecule has 0 atom stereocenters. The van der Waals surface area contributed by atoms with Gasteiger partial charge in [0.05, 0.1) is 5.69 Å². The van der Waals surface area contributed by atoms with Crippen LogP contribution in [0.25, 0.3) is 0 Å². The number of sulfonamides is 1. The van der Waals surface area contributed by atoms with Crippen molar-refractivity contribution in [2.45, 2.75) is 12.8 Å². The summed E-state index contributed by atoms with van der Waals surface area (Å²) < 4.78 is 47.7. The minimum absolute atomic E-state index is 0.144. The van der Waals surface area contributed by atoms with Crippen LogP contribution in [0.2, 0.25) is 0 Å². The molecule has 0 aliphatic carbocycles. The van der Waals surface area contributed by atoms with Gasteiger partial charge in [-0.1, -0.05) is 12.1 Å². The predicted molar refractivity (Wildman–Crippen MR) is 72.4 cm³/mol. The fourth-order valence-electron chi connectivity index (χ4n) is 2.20. The van der Waals surface area contributed by atoms with Gasteiger partial charge in [-0.15, -0.1) is 0 Å². The molecule has 0 saturated carbocycles. The Bertz CT molecular complexity index is 694. The van der Waals surface area contributed by atoms with E-state index in [1.807, 2.05) is 0 Å². The van der Waals surface area contributed by atoms with Crippen LogP contribution >= 0.6 is 0 Å². The third-order valence-electron chi connectivity index (χ3n) is 2.85. The van der Waals surface area contributed by atoms with Crippen molar-refractivity contribution in [3.05, 3.63) is 23.8 Å². The van der Waals surface area contributed by atoms with E-state index >= 15 is 0 Å². The summed E-state index contributed by atoms with van der Waals surface area (Å²) in [6.07, 6.45) is 2.13. The quantitative estimate of drug-likeness (QED) is 0.877. The fourth-order valence-corrected chi connectivity index (χ4v) is 5.77. The lowest BCUT2D eigenvalue weighted by atomic mass is 10.0. The largest absolute Gasteiger partial charge is 0.506 e. The van der Waals surface area contributed by atoms with Crippen LogP contribution in [0.1, 0.15) is 12.0 Å². The third-order valence-corrected chi connectivity index (χ3v) is 6.79. The van der Waals surface area contributed by atoms with Crippen molar-refractivity contribution in [3.8, 4) is 5.75 Å². The molecule has 0 saturated heterocycles. The van der Waals surface area contributed by atoms with Crippen LogP contribution in [0.4, 0.5) is 5.69 Å². The van der Waals surface area contributed by atoms with Crippen molar-refractivity contribution in [2.24, 2.45) is 0 Å². The number of aryl methyl sites for hydroxylation is 1. The first kappa shape index (κ1) is 14.1. The van der Waals surface area contributed by atoms with Gasteiger partial charge in [-0.25, -0.2) is 16.8 Å². The summed E-state index contributed by atoms with van der Waals surface area (Å²) in [6.45, 7) is 0.183. The van der Waals surface area contributed by atoms with Gasteiger partial charge in [0.1, 0.15) is 5.75 Å². The predicted octanol–water partition coefficient (Wildman–Crippen LogP) is 0.477. The monoisotopic (exact) mass is 305 g/mol. The van der Waals surface area contributed by atoms with Crippen LogP contribution in [0.5, 0.6) is 5.75 Å². The first-order valence-electron chi connectivity index (χ1n) is 5.70. The van der Waals surface area contributed by atoms with E-state index in [-0.39, 0.29) is 18.0 Å². The lowest BCUT2D eigenvalue weighted by molar-refractivity contribution is 0.473. The Balaban J connectivity index is 2.50. The molecule has 0 fully saturated rings. The zero-order valence-electron chi connectivity index (χ0n) is 10.4. The molecule has 0 unspecified atom stereocenters. The summed E-state index contributed by atoms with van der Waals surface area (Å²) in [5.74, 6) is -0.144. The van der Waals surface area contributed by atoms with Gasteiger partial charge in [0.15, 0.2) is 14.9 Å². The van der Waals surface area contributed by atoms with E-state index in [2.05, 4.69) is 0 Å². The Hall–Kier alpha value is -1.28. The van der Waals surface area contributed by atoms with Crippen molar-refractivity contribution >= 4 is 25.5 Å². The van der Waals surface area contributed by atoms with Gasteiger partial charge < -0.3 is 5.11 Å². The summed E-state index contributed by atoms with van der Waals surface area (Å²) >= 11 is 0. The van der Waals surface area contributed by atoms with E-state index < -0.39 is 24.9 Å². The lowest BCUT2D eigenvalue weighted by Crippen LogP contribution is -2.38. The van der Waals surface area contributed by atoms with Crippen LogP contribution < -0.4 is 4.31 Å². The van der Waals surface area contributed by atoms with Crippen molar-refractivity contribution in [1.82, 2.24) is 0 Å². The molecule has 0 radical (unpaired) electrons. The Labute approximate surface area is 112 Å². The van der Waals surface area contributed by atoms with Crippen LogP contribution in [-0.4, -0.2) is 39.8 Å². The zero-order valence-corrected chi connectivity index (χ0v) is 12.0. The van der Waals surface area contributed by atoms with Crippen LogP contribution in [0, 0.1) is 0 Å². The molecular weight excluding hydrogens is 290 g/mol. The SMILES string of the molecule is CS(=O)(=O)CS(=O)(=O)N1CCCc2cccc(O)c21. The highest BCUT2D eigenvalue weighted by molar-refractivity contribution is 8.08. The molecule has 0 aromatic heterocycles. The van der Waals surface area contributed by atoms with Gasteiger partial charge >= 0.3 is 0 Å². The summed E-state index contributed by atoms with van der Waals surface area (Å²) in [6, 6.07) is 4.77. The van der Waals surface area contributed by atoms with Gasteiger partial charge in [-0.3, -0.25) is 4.31 Å². The molecule has 0 amide bonds. The highest BCUT2D eigenvalue weighted by atomic mass is 32.3. The molecule has 6 nitrogen and oxygen atoms in total. The first-order valence-corrected chi connectivity index (χ1v) is 9.37. The van der Waals surface area contributed by atoms with Crippen molar-refractivity contribution in [1.29, 1.82) is 0 Å². The highest BCUT2D eigenvalue weighted by Gasteiger charge is 2.32. The Morgan fingerprint density at radius 3 is 2.58 bits per heavy atom. The molecule has 8 heteroatoms. The van der Waals surface area contributed by atoms with Crippen molar-refractivity contribution < 1.29 is 21.9 Å². The molecule has 1 aromatic rings. The molecule has 0 spiro atoms. The van der Waals surface area contributed by atoms with Gasteiger partial charge in [-0.05, 0) is 24.5 Å². The fraction of sp³-hybridized carbons (Fsp3) is 0.455. The number of aromatic hydroxyl groups is 1. The maximum absolute atomic E-state index is 12.2. The van der Waals surface area contributed by atoms with E-state index in [1.54, 1.807) is 12.1 Å². The van der Waals surface area contributed by atoms with E-state index in [0.717, 1.165) is 10.6 Å². The van der Waals surface area contributed by atoms with Gasteiger partial charge in [0, 0.05) is 12.8 Å². The Kier molecular flexibility index (Phi) is 3.48. The second-order valence-electron chi connectivity index (χ2n) is 4.62. The summed E-state index contributed by atoms with van der Waals surface area (Å²) in [4.78, 5) is 0. The van der Waals surface area contributed by atoms with Crippen molar-refractivity contribution in [2.75, 3.05) is 22.2 Å². The van der Waals surface area contributed by atoms with Crippen LogP contribution in [0.15, 0.2) is 18.2 Å². The van der Waals surface area contributed by atoms with Gasteiger partial charge in [0.2, 0.25) is 10.0 Å². The number of hydrogen-bond donors (Lipinski definition) is 1. The number of para-hydroxylation sites is 1. The molecule has 19 heavy (non-hydrogen) atoms. The molecule has 0 bridgehead atoms. The smallest absolute Gasteiger partial charge is 0.249 e.